The zero-order chi connectivity index (χ0) is 29.6. The third-order valence-corrected chi connectivity index (χ3v) is 12.7. The first-order valence-electron chi connectivity index (χ1n) is 13.3. The van der Waals surface area contributed by atoms with Gasteiger partial charge in [-0.1, -0.05) is 32.9 Å². The zero-order valence-corrected chi connectivity index (χ0v) is 25.4. The van der Waals surface area contributed by atoms with E-state index in [2.05, 4.69) is 33.9 Å². The molecule has 0 unspecified atom stereocenters. The van der Waals surface area contributed by atoms with Crippen LogP contribution in [0.2, 0.25) is 18.1 Å². The molecule has 3 aromatic carbocycles. The molecule has 0 aromatic heterocycles. The average molecular weight is 567 g/mol. The zero-order valence-electron chi connectivity index (χ0n) is 24.4. The molecule has 1 aliphatic rings. The maximum Gasteiger partial charge on any atom is 0.194 e. The Kier molecular flexibility index (Phi) is 8.04. The minimum absolute atomic E-state index is 0.0152. The third-order valence-electron chi connectivity index (χ3n) is 8.24. The minimum atomic E-state index is -2.41. The maximum atomic E-state index is 14.0. The molecule has 0 radical (unpaired) electrons. The van der Waals surface area contributed by atoms with Crippen LogP contribution in [-0.4, -0.2) is 50.9 Å². The largest absolute Gasteiger partial charge is 0.506 e. The quantitative estimate of drug-likeness (QED) is 0.231. The monoisotopic (exact) mass is 566 g/mol. The number of carbonyl (C=O) groups excluding carboxylic acids is 2. The molecule has 9 heteroatoms. The van der Waals surface area contributed by atoms with Crippen LogP contribution in [0.5, 0.6) is 23.0 Å². The highest BCUT2D eigenvalue weighted by atomic mass is 28.4. The van der Waals surface area contributed by atoms with Gasteiger partial charge in [0.1, 0.15) is 29.1 Å². The lowest BCUT2D eigenvalue weighted by atomic mass is 9.82. The highest BCUT2D eigenvalue weighted by Gasteiger charge is 2.46. The number of rotatable bonds is 8. The third kappa shape index (κ3) is 5.09. The molecule has 0 aliphatic heterocycles. The first-order valence-corrected chi connectivity index (χ1v) is 16.2. The minimum Gasteiger partial charge on any atom is -0.506 e. The number of hydrogen-bond acceptors (Lipinski definition) is 8. The molecule has 0 saturated carbocycles. The van der Waals surface area contributed by atoms with Crippen molar-refractivity contribution in [2.24, 2.45) is 0 Å². The number of aromatic hydroxyl groups is 2. The summed E-state index contributed by atoms with van der Waals surface area (Å²) in [6, 6.07) is 9.15. The molecule has 8 nitrogen and oxygen atoms in total. The van der Waals surface area contributed by atoms with Crippen molar-refractivity contribution in [3.63, 3.8) is 0 Å². The summed E-state index contributed by atoms with van der Waals surface area (Å²) in [5.41, 5.74) is 1.83. The van der Waals surface area contributed by atoms with E-state index in [1.54, 1.807) is 20.1 Å². The number of phenolic OH excluding ortho intramolecular Hbond substituents is 2. The van der Waals surface area contributed by atoms with E-state index in [1.165, 1.54) is 7.11 Å². The predicted octanol–water partition coefficient (Wildman–Crippen LogP) is 6.62. The van der Waals surface area contributed by atoms with Gasteiger partial charge in [0.25, 0.3) is 0 Å². The van der Waals surface area contributed by atoms with E-state index in [9.17, 15) is 19.8 Å². The summed E-state index contributed by atoms with van der Waals surface area (Å²) in [5.74, 6) is -0.201. The first-order chi connectivity index (χ1) is 18.7. The molecule has 40 heavy (non-hydrogen) atoms. The summed E-state index contributed by atoms with van der Waals surface area (Å²) < 4.78 is 24.1. The predicted molar refractivity (Wildman–Crippen MR) is 155 cm³/mol. The van der Waals surface area contributed by atoms with Gasteiger partial charge in [0.2, 0.25) is 0 Å². The standard InChI is InChI=1S/C31H38O8Si/c1-17-13-20-24(27(33)21(17)15-32)29(35)26-25(30(20)37-6)22(38-16-18-9-11-19(36-5)12-10-18)14-23(28(26)34)39-40(7,8)31(2,3)4/h9-13,15,22-23,33,35H,14,16H2,1-8H3/t22-,23+/m0/s1. The molecule has 214 valence electrons. The Morgan fingerprint density at radius 3 is 2.23 bits per heavy atom. The fraction of sp³-hybridized carbons (Fsp3) is 0.419. The van der Waals surface area contributed by atoms with Crippen LogP contribution in [-0.2, 0) is 15.8 Å². The molecule has 0 bridgehead atoms. The Labute approximate surface area is 236 Å². The smallest absolute Gasteiger partial charge is 0.194 e. The lowest BCUT2D eigenvalue weighted by molar-refractivity contribution is -0.000518. The van der Waals surface area contributed by atoms with Crippen molar-refractivity contribution in [3.05, 3.63) is 58.1 Å². The first kappa shape index (κ1) is 29.6. The maximum absolute atomic E-state index is 14.0. The second-order valence-electron chi connectivity index (χ2n) is 11.8. The summed E-state index contributed by atoms with van der Waals surface area (Å²) in [7, 11) is 0.662. The number of aldehydes is 1. The van der Waals surface area contributed by atoms with E-state index in [-0.39, 0.29) is 34.6 Å². The number of methoxy groups -OCH3 is 2. The van der Waals surface area contributed by atoms with Crippen molar-refractivity contribution in [2.75, 3.05) is 14.2 Å². The second-order valence-corrected chi connectivity index (χ2v) is 16.5. The van der Waals surface area contributed by atoms with E-state index in [1.807, 2.05) is 24.3 Å². The Balaban J connectivity index is 1.91. The fourth-order valence-corrected chi connectivity index (χ4v) is 6.22. The van der Waals surface area contributed by atoms with Crippen molar-refractivity contribution in [3.8, 4) is 23.0 Å². The Bertz CT molecular complexity index is 1450. The van der Waals surface area contributed by atoms with Crippen molar-refractivity contribution in [1.29, 1.82) is 0 Å². The van der Waals surface area contributed by atoms with Gasteiger partial charge in [-0.25, -0.2) is 0 Å². The van der Waals surface area contributed by atoms with E-state index in [4.69, 9.17) is 18.6 Å². The van der Waals surface area contributed by atoms with Gasteiger partial charge in [-0.2, -0.15) is 0 Å². The normalized spacial score (nSPS) is 17.6. The van der Waals surface area contributed by atoms with Crippen molar-refractivity contribution in [2.45, 2.75) is 71.1 Å². The van der Waals surface area contributed by atoms with Gasteiger partial charge in [-0.05, 0) is 54.4 Å². The number of Topliss-reactive ketones (excluding diaryl/α,β-unsaturated/α-hetero) is 1. The Morgan fingerprint density at radius 2 is 1.68 bits per heavy atom. The molecule has 0 saturated heterocycles. The lowest BCUT2D eigenvalue weighted by Gasteiger charge is -2.41. The van der Waals surface area contributed by atoms with Crippen LogP contribution >= 0.6 is 0 Å². The van der Waals surface area contributed by atoms with E-state index >= 15 is 0 Å². The molecular formula is C31H38O8Si. The molecule has 2 atom stereocenters. The number of fused-ring (bicyclic) bond motifs is 2. The second kappa shape index (κ2) is 10.9. The highest BCUT2D eigenvalue weighted by Crippen LogP contribution is 2.52. The van der Waals surface area contributed by atoms with Gasteiger partial charge in [0, 0.05) is 17.4 Å². The SMILES string of the molecule is COc1ccc(CO[C@H]2C[C@@H](O[Si](C)(C)C(C)(C)C)C(=O)c3c2c(OC)c2cc(C)c(C=O)c(O)c2c3O)cc1. The molecule has 2 N–H and O–H groups in total. The van der Waals surface area contributed by atoms with Crippen molar-refractivity contribution in [1.82, 2.24) is 0 Å². The van der Waals surface area contributed by atoms with Crippen LogP contribution in [0.15, 0.2) is 30.3 Å². The average Bonchev–Trinajstić information content (AvgIpc) is 2.89. The Hall–Kier alpha value is -3.40. The molecule has 3 aromatic rings. The molecule has 1 aliphatic carbocycles. The van der Waals surface area contributed by atoms with Gasteiger partial charge in [-0.15, -0.1) is 0 Å². The summed E-state index contributed by atoms with van der Waals surface area (Å²) >= 11 is 0. The van der Waals surface area contributed by atoms with Gasteiger partial charge in [0.05, 0.1) is 43.4 Å². The number of benzene rings is 3. The van der Waals surface area contributed by atoms with Crippen molar-refractivity contribution < 1.29 is 38.4 Å². The van der Waals surface area contributed by atoms with Crippen LogP contribution in [0.1, 0.15) is 70.7 Å². The van der Waals surface area contributed by atoms with Crippen LogP contribution in [0.25, 0.3) is 10.8 Å². The lowest BCUT2D eigenvalue weighted by Crippen LogP contribution is -2.47. The van der Waals surface area contributed by atoms with E-state index in [0.717, 1.165) is 11.3 Å². The van der Waals surface area contributed by atoms with Gasteiger partial charge >= 0.3 is 0 Å². The molecular weight excluding hydrogens is 528 g/mol. The van der Waals surface area contributed by atoms with Crippen LogP contribution in [0.3, 0.4) is 0 Å². The topological polar surface area (TPSA) is 112 Å². The van der Waals surface area contributed by atoms with Crippen LogP contribution in [0, 0.1) is 6.92 Å². The summed E-state index contributed by atoms with van der Waals surface area (Å²) in [6.45, 7) is 12.3. The number of phenols is 2. The highest BCUT2D eigenvalue weighted by molar-refractivity contribution is 6.74. The molecule has 4 rings (SSSR count). The number of aryl methyl sites for hydroxylation is 1. The summed E-state index contributed by atoms with van der Waals surface area (Å²) in [6.07, 6.45) is -0.780. The molecule has 0 fully saturated rings. The van der Waals surface area contributed by atoms with Gasteiger partial charge in [-0.3, -0.25) is 9.59 Å². The van der Waals surface area contributed by atoms with Crippen LogP contribution in [0.4, 0.5) is 0 Å². The number of ether oxygens (including phenoxy) is 3. The molecule has 0 amide bonds. The Morgan fingerprint density at radius 1 is 1.02 bits per heavy atom. The molecule has 0 spiro atoms. The van der Waals surface area contributed by atoms with E-state index < -0.39 is 37.8 Å². The van der Waals surface area contributed by atoms with Crippen molar-refractivity contribution >= 4 is 31.2 Å². The number of carbonyl (C=O) groups is 2. The summed E-state index contributed by atoms with van der Waals surface area (Å²) in [4.78, 5) is 25.8. The van der Waals surface area contributed by atoms with Gasteiger partial charge < -0.3 is 28.8 Å². The fourth-order valence-electron chi connectivity index (χ4n) is 4.96. The molecule has 0 heterocycles. The number of ketones is 1. The van der Waals surface area contributed by atoms with Gasteiger partial charge in [0.15, 0.2) is 20.4 Å². The van der Waals surface area contributed by atoms with Crippen LogP contribution < -0.4 is 9.47 Å². The summed E-state index contributed by atoms with van der Waals surface area (Å²) in [5, 5.41) is 22.8. The number of hydrogen-bond donors (Lipinski definition) is 2. The van der Waals surface area contributed by atoms with E-state index in [0.29, 0.717) is 28.5 Å².